The molecule has 1 aromatic heterocycles. The molecule has 0 fully saturated rings. The normalized spacial score (nSPS) is 18.3. The summed E-state index contributed by atoms with van der Waals surface area (Å²) in [7, 11) is 0. The second kappa shape index (κ2) is 4.98. The Morgan fingerprint density at radius 2 is 1.86 bits per heavy atom. The summed E-state index contributed by atoms with van der Waals surface area (Å²) >= 11 is 1.55. The van der Waals surface area contributed by atoms with E-state index in [0.29, 0.717) is 5.92 Å². The third-order valence-corrected chi connectivity index (χ3v) is 4.97. The van der Waals surface area contributed by atoms with Crippen LogP contribution in [0.2, 0.25) is 0 Å². The van der Waals surface area contributed by atoms with Gasteiger partial charge in [0.05, 0.1) is 16.1 Å². The van der Waals surface area contributed by atoms with Crippen LogP contribution in [0, 0.1) is 0 Å². The topological polar surface area (TPSA) is 12.9 Å². The Labute approximate surface area is 125 Å². The maximum absolute atomic E-state index is 12.6. The Bertz CT molecular complexity index is 695. The number of allylic oxidation sites excluding steroid dienone is 2. The quantitative estimate of drug-likeness (QED) is 0.654. The van der Waals surface area contributed by atoms with Gasteiger partial charge in [0, 0.05) is 11.5 Å². The Kier molecular flexibility index (Phi) is 3.40. The number of rotatable bonds is 1. The van der Waals surface area contributed by atoms with Gasteiger partial charge in [-0.1, -0.05) is 25.1 Å². The number of alkyl halides is 3. The lowest BCUT2D eigenvalue weighted by Gasteiger charge is -2.14. The lowest BCUT2D eigenvalue weighted by molar-refractivity contribution is -0.137. The number of benzene rings is 1. The van der Waals surface area contributed by atoms with Gasteiger partial charge in [-0.2, -0.15) is 13.2 Å². The van der Waals surface area contributed by atoms with E-state index in [1.54, 1.807) is 11.3 Å². The van der Waals surface area contributed by atoms with Crippen molar-refractivity contribution in [3.05, 3.63) is 46.5 Å². The molecule has 0 spiro atoms. The number of hydrogen-bond acceptors (Lipinski definition) is 2. The smallest absolute Gasteiger partial charge is 0.240 e. The van der Waals surface area contributed by atoms with E-state index in [4.69, 9.17) is 0 Å². The number of thiazole rings is 1. The highest BCUT2D eigenvalue weighted by Gasteiger charge is 2.30. The standard InChI is InChI=1S/C16H14F3NS/c1-9-3-4-10(2)14-13(9)20-15(21-14)11-5-7-12(8-6-11)16(17,18)19/h4-9H,3H2,1-2H3. The van der Waals surface area contributed by atoms with E-state index in [1.165, 1.54) is 17.7 Å². The Balaban J connectivity index is 1.99. The molecular formula is C16H14F3NS. The molecule has 1 aliphatic rings. The van der Waals surface area contributed by atoms with E-state index in [-0.39, 0.29) is 0 Å². The molecule has 21 heavy (non-hydrogen) atoms. The zero-order valence-corrected chi connectivity index (χ0v) is 12.5. The van der Waals surface area contributed by atoms with Crippen LogP contribution in [0.3, 0.4) is 0 Å². The molecule has 0 radical (unpaired) electrons. The summed E-state index contributed by atoms with van der Waals surface area (Å²) in [4.78, 5) is 5.80. The highest BCUT2D eigenvalue weighted by molar-refractivity contribution is 7.16. The van der Waals surface area contributed by atoms with Gasteiger partial charge in [0.2, 0.25) is 0 Å². The first-order chi connectivity index (χ1) is 9.86. The highest BCUT2D eigenvalue weighted by Crippen LogP contribution is 2.41. The average Bonchev–Trinajstić information content (AvgIpc) is 2.89. The van der Waals surface area contributed by atoms with Gasteiger partial charge in [-0.3, -0.25) is 0 Å². The first-order valence-corrected chi connectivity index (χ1v) is 7.53. The summed E-state index contributed by atoms with van der Waals surface area (Å²) in [6.45, 7) is 4.18. The zero-order chi connectivity index (χ0) is 15.2. The summed E-state index contributed by atoms with van der Waals surface area (Å²) < 4.78 is 37.8. The molecule has 1 atom stereocenters. The third kappa shape index (κ3) is 2.62. The fraction of sp³-hybridized carbons (Fsp3) is 0.312. The number of halogens is 3. The van der Waals surface area contributed by atoms with Crippen LogP contribution in [0.5, 0.6) is 0 Å². The van der Waals surface area contributed by atoms with Crippen LogP contribution >= 0.6 is 11.3 Å². The van der Waals surface area contributed by atoms with Crippen LogP contribution in [0.1, 0.15) is 42.3 Å². The van der Waals surface area contributed by atoms with E-state index in [2.05, 4.69) is 24.9 Å². The largest absolute Gasteiger partial charge is 0.416 e. The van der Waals surface area contributed by atoms with E-state index in [1.807, 2.05) is 0 Å². The predicted octanol–water partition coefficient (Wildman–Crippen LogP) is 5.74. The van der Waals surface area contributed by atoms with Crippen LogP contribution in [0.15, 0.2) is 30.3 Å². The van der Waals surface area contributed by atoms with Crippen LogP contribution in [-0.2, 0) is 6.18 Å². The second-order valence-corrected chi connectivity index (χ2v) is 6.33. The highest BCUT2D eigenvalue weighted by atomic mass is 32.1. The minimum Gasteiger partial charge on any atom is -0.240 e. The first-order valence-electron chi connectivity index (χ1n) is 6.71. The molecule has 3 rings (SSSR count). The number of aromatic nitrogens is 1. The predicted molar refractivity (Wildman–Crippen MR) is 79.2 cm³/mol. The van der Waals surface area contributed by atoms with E-state index < -0.39 is 11.7 Å². The van der Waals surface area contributed by atoms with Crippen molar-refractivity contribution in [1.82, 2.24) is 4.98 Å². The SMILES string of the molecule is CC1=CCC(C)c2nc(-c3ccc(C(F)(F)F)cc3)sc21. The van der Waals surface area contributed by atoms with Gasteiger partial charge in [0.15, 0.2) is 0 Å². The van der Waals surface area contributed by atoms with Crippen molar-refractivity contribution in [1.29, 1.82) is 0 Å². The second-order valence-electron chi connectivity index (χ2n) is 5.33. The van der Waals surface area contributed by atoms with Crippen LogP contribution in [-0.4, -0.2) is 4.98 Å². The van der Waals surface area contributed by atoms with Gasteiger partial charge < -0.3 is 0 Å². The summed E-state index contributed by atoms with van der Waals surface area (Å²) in [6.07, 6.45) is -1.13. The lowest BCUT2D eigenvalue weighted by Crippen LogP contribution is -2.04. The molecule has 1 nitrogen and oxygen atoms in total. The molecule has 0 N–H and O–H groups in total. The molecule has 5 heteroatoms. The van der Waals surface area contributed by atoms with Crippen molar-refractivity contribution in [2.24, 2.45) is 0 Å². The Morgan fingerprint density at radius 3 is 2.43 bits per heavy atom. The van der Waals surface area contributed by atoms with Gasteiger partial charge in [-0.15, -0.1) is 11.3 Å². The maximum Gasteiger partial charge on any atom is 0.416 e. The molecule has 1 aromatic carbocycles. The average molecular weight is 309 g/mol. The summed E-state index contributed by atoms with van der Waals surface area (Å²) in [5, 5.41) is 0.787. The van der Waals surface area contributed by atoms with Gasteiger partial charge in [-0.05, 0) is 31.1 Å². The summed E-state index contributed by atoms with van der Waals surface area (Å²) in [6, 6.07) is 5.22. The third-order valence-electron chi connectivity index (χ3n) is 3.72. The summed E-state index contributed by atoms with van der Waals surface area (Å²) in [5.41, 5.74) is 2.38. The molecule has 0 amide bonds. The van der Waals surface area contributed by atoms with Crippen molar-refractivity contribution in [3.8, 4) is 10.6 Å². The molecular weight excluding hydrogens is 295 g/mol. The molecule has 1 aliphatic carbocycles. The van der Waals surface area contributed by atoms with E-state index in [9.17, 15) is 13.2 Å². The minimum absolute atomic E-state index is 0.364. The van der Waals surface area contributed by atoms with E-state index in [0.717, 1.165) is 39.7 Å². The van der Waals surface area contributed by atoms with Crippen LogP contribution in [0.4, 0.5) is 13.2 Å². The Hall–Kier alpha value is -1.62. The zero-order valence-electron chi connectivity index (χ0n) is 11.7. The van der Waals surface area contributed by atoms with Crippen LogP contribution in [0.25, 0.3) is 16.1 Å². The maximum atomic E-state index is 12.6. The van der Waals surface area contributed by atoms with Crippen LogP contribution < -0.4 is 0 Å². The minimum atomic E-state index is -4.30. The monoisotopic (exact) mass is 309 g/mol. The molecule has 0 saturated heterocycles. The number of fused-ring (bicyclic) bond motifs is 1. The first kappa shape index (κ1) is 14.3. The number of nitrogens with zero attached hydrogens (tertiary/aromatic N) is 1. The molecule has 0 aliphatic heterocycles. The fourth-order valence-corrected chi connectivity index (χ4v) is 3.62. The van der Waals surface area contributed by atoms with Gasteiger partial charge in [0.1, 0.15) is 5.01 Å². The van der Waals surface area contributed by atoms with Crippen molar-refractivity contribution in [2.75, 3.05) is 0 Å². The Morgan fingerprint density at radius 1 is 1.19 bits per heavy atom. The molecule has 2 aromatic rings. The van der Waals surface area contributed by atoms with Gasteiger partial charge in [-0.25, -0.2) is 4.98 Å². The molecule has 1 unspecified atom stereocenters. The molecule has 1 heterocycles. The molecule has 0 saturated carbocycles. The molecule has 0 bridgehead atoms. The van der Waals surface area contributed by atoms with Gasteiger partial charge >= 0.3 is 6.18 Å². The molecule has 110 valence electrons. The van der Waals surface area contributed by atoms with E-state index >= 15 is 0 Å². The lowest BCUT2D eigenvalue weighted by atomic mass is 9.94. The van der Waals surface area contributed by atoms with Gasteiger partial charge in [0.25, 0.3) is 0 Å². The van der Waals surface area contributed by atoms with Crippen molar-refractivity contribution in [2.45, 2.75) is 32.4 Å². The number of hydrogen-bond donors (Lipinski definition) is 0. The fourth-order valence-electron chi connectivity index (χ4n) is 2.43. The van der Waals surface area contributed by atoms with Crippen molar-refractivity contribution in [3.63, 3.8) is 0 Å². The summed E-state index contributed by atoms with van der Waals surface area (Å²) in [5.74, 6) is 0.364. The van der Waals surface area contributed by atoms with Crippen molar-refractivity contribution >= 4 is 16.9 Å². The van der Waals surface area contributed by atoms with Crippen molar-refractivity contribution < 1.29 is 13.2 Å².